The molecule has 1 aliphatic carbocycles. The quantitative estimate of drug-likeness (QED) is 0.563. The van der Waals surface area contributed by atoms with Crippen LogP contribution in [-0.2, 0) is 0 Å². The SMILES string of the molecule is O=C1C(=Cc2ccccn2)C(=O)c2ccccc21. The highest BCUT2D eigenvalue weighted by atomic mass is 16.2. The Hall–Kier alpha value is -2.55. The van der Waals surface area contributed by atoms with E-state index < -0.39 is 0 Å². The van der Waals surface area contributed by atoms with Crippen molar-refractivity contribution in [3.05, 3.63) is 71.1 Å². The molecule has 0 spiro atoms. The molecule has 0 fully saturated rings. The number of hydrogen-bond acceptors (Lipinski definition) is 3. The molecule has 1 aromatic carbocycles. The number of allylic oxidation sites excluding steroid dienone is 1. The van der Waals surface area contributed by atoms with Crippen molar-refractivity contribution in [2.75, 3.05) is 0 Å². The molecule has 0 saturated heterocycles. The highest BCUT2D eigenvalue weighted by molar-refractivity contribution is 6.41. The minimum Gasteiger partial charge on any atom is -0.288 e. The number of fused-ring (bicyclic) bond motifs is 1. The van der Waals surface area contributed by atoms with Crippen molar-refractivity contribution in [3.8, 4) is 0 Å². The highest BCUT2D eigenvalue weighted by Crippen LogP contribution is 2.27. The second-order valence-electron chi connectivity index (χ2n) is 4.02. The van der Waals surface area contributed by atoms with Crippen LogP contribution in [0.3, 0.4) is 0 Å². The molecule has 0 N–H and O–H groups in total. The van der Waals surface area contributed by atoms with E-state index in [2.05, 4.69) is 4.98 Å². The molecule has 0 radical (unpaired) electrons. The van der Waals surface area contributed by atoms with Crippen molar-refractivity contribution in [2.24, 2.45) is 0 Å². The van der Waals surface area contributed by atoms with Crippen LogP contribution in [0, 0.1) is 0 Å². The van der Waals surface area contributed by atoms with Crippen LogP contribution < -0.4 is 0 Å². The minimum atomic E-state index is -0.221. The second-order valence-corrected chi connectivity index (χ2v) is 4.02. The zero-order chi connectivity index (χ0) is 12.5. The Balaban J connectivity index is 2.10. The van der Waals surface area contributed by atoms with Crippen LogP contribution in [0.5, 0.6) is 0 Å². The van der Waals surface area contributed by atoms with Gasteiger partial charge in [0.05, 0.1) is 11.3 Å². The summed E-state index contributed by atoms with van der Waals surface area (Å²) in [5.41, 5.74) is 1.76. The van der Waals surface area contributed by atoms with Crippen LogP contribution in [0.2, 0.25) is 0 Å². The molecule has 18 heavy (non-hydrogen) atoms. The van der Waals surface area contributed by atoms with Crippen LogP contribution in [0.25, 0.3) is 6.08 Å². The molecular weight excluding hydrogens is 226 g/mol. The first kappa shape index (κ1) is 10.6. The normalized spacial score (nSPS) is 13.7. The lowest BCUT2D eigenvalue weighted by molar-refractivity contribution is 0.0990. The van der Waals surface area contributed by atoms with Crippen LogP contribution in [-0.4, -0.2) is 16.6 Å². The van der Waals surface area contributed by atoms with Gasteiger partial charge in [0.2, 0.25) is 0 Å². The van der Waals surface area contributed by atoms with Gasteiger partial charge in [0.1, 0.15) is 0 Å². The fourth-order valence-corrected chi connectivity index (χ4v) is 2.01. The molecule has 0 aliphatic heterocycles. The van der Waals surface area contributed by atoms with Gasteiger partial charge >= 0.3 is 0 Å². The van der Waals surface area contributed by atoms with Crippen molar-refractivity contribution in [1.29, 1.82) is 0 Å². The van der Waals surface area contributed by atoms with Gasteiger partial charge in [0.15, 0.2) is 11.6 Å². The van der Waals surface area contributed by atoms with Crippen molar-refractivity contribution in [1.82, 2.24) is 4.98 Å². The number of nitrogens with zero attached hydrogens (tertiary/aromatic N) is 1. The largest absolute Gasteiger partial charge is 0.288 e. The van der Waals surface area contributed by atoms with E-state index in [9.17, 15) is 9.59 Å². The van der Waals surface area contributed by atoms with Crippen LogP contribution >= 0.6 is 0 Å². The van der Waals surface area contributed by atoms with E-state index in [-0.39, 0.29) is 17.1 Å². The zero-order valence-electron chi connectivity index (χ0n) is 9.46. The van der Waals surface area contributed by atoms with Gasteiger partial charge in [-0.25, -0.2) is 0 Å². The van der Waals surface area contributed by atoms with E-state index in [1.807, 2.05) is 6.07 Å². The maximum absolute atomic E-state index is 12.1. The fourth-order valence-electron chi connectivity index (χ4n) is 2.01. The molecule has 1 aliphatic rings. The molecule has 3 rings (SSSR count). The maximum atomic E-state index is 12.1. The van der Waals surface area contributed by atoms with E-state index in [1.165, 1.54) is 0 Å². The molecule has 0 atom stereocenters. The summed E-state index contributed by atoms with van der Waals surface area (Å²) in [6.45, 7) is 0. The lowest BCUT2D eigenvalue weighted by Gasteiger charge is -1.94. The van der Waals surface area contributed by atoms with Gasteiger partial charge < -0.3 is 0 Å². The van der Waals surface area contributed by atoms with Crippen molar-refractivity contribution >= 4 is 17.6 Å². The smallest absolute Gasteiger partial charge is 0.197 e. The zero-order valence-corrected chi connectivity index (χ0v) is 9.46. The molecule has 86 valence electrons. The number of pyridine rings is 1. The van der Waals surface area contributed by atoms with Gasteiger partial charge in [-0.3, -0.25) is 14.6 Å². The van der Waals surface area contributed by atoms with Gasteiger partial charge in [-0.1, -0.05) is 30.3 Å². The predicted molar refractivity (Wildman–Crippen MR) is 67.3 cm³/mol. The summed E-state index contributed by atoms with van der Waals surface area (Å²) in [4.78, 5) is 28.3. The van der Waals surface area contributed by atoms with Crippen molar-refractivity contribution in [3.63, 3.8) is 0 Å². The van der Waals surface area contributed by atoms with Gasteiger partial charge in [-0.15, -0.1) is 0 Å². The van der Waals surface area contributed by atoms with Crippen molar-refractivity contribution in [2.45, 2.75) is 0 Å². The third-order valence-corrected chi connectivity index (χ3v) is 2.89. The summed E-state index contributed by atoms with van der Waals surface area (Å²) in [5.74, 6) is -0.442. The standard InChI is InChI=1S/C15H9NO2/c17-14-11-6-1-2-7-12(11)15(18)13(14)9-10-5-3-4-8-16-10/h1-9H. The van der Waals surface area contributed by atoms with E-state index in [4.69, 9.17) is 0 Å². The molecule has 0 saturated carbocycles. The van der Waals surface area contributed by atoms with Crippen LogP contribution in [0.4, 0.5) is 0 Å². The number of Topliss-reactive ketones (excluding diaryl/α,β-unsaturated/α-hetero) is 2. The van der Waals surface area contributed by atoms with E-state index in [0.29, 0.717) is 16.8 Å². The molecule has 0 amide bonds. The Morgan fingerprint density at radius 3 is 2.00 bits per heavy atom. The Kier molecular flexibility index (Phi) is 2.38. The summed E-state index contributed by atoms with van der Waals surface area (Å²) in [5, 5.41) is 0. The third kappa shape index (κ3) is 1.57. The first-order valence-corrected chi connectivity index (χ1v) is 5.58. The number of aromatic nitrogens is 1. The second kappa shape index (κ2) is 4.04. The average molecular weight is 235 g/mol. The predicted octanol–water partition coefficient (Wildman–Crippen LogP) is 2.54. The number of carbonyl (C=O) groups excluding carboxylic acids is 2. The van der Waals surface area contributed by atoms with Crippen LogP contribution in [0.1, 0.15) is 26.4 Å². The molecule has 3 heteroatoms. The number of ketones is 2. The number of benzene rings is 1. The van der Waals surface area contributed by atoms with E-state index in [0.717, 1.165) is 0 Å². The van der Waals surface area contributed by atoms with E-state index >= 15 is 0 Å². The lowest BCUT2D eigenvalue weighted by Crippen LogP contribution is -2.00. The highest BCUT2D eigenvalue weighted by Gasteiger charge is 2.32. The van der Waals surface area contributed by atoms with Crippen molar-refractivity contribution < 1.29 is 9.59 Å². The van der Waals surface area contributed by atoms with Gasteiger partial charge in [-0.2, -0.15) is 0 Å². The molecule has 0 bridgehead atoms. The molecule has 1 aromatic heterocycles. The average Bonchev–Trinajstić information content (AvgIpc) is 2.66. The molecule has 2 aromatic rings. The monoisotopic (exact) mass is 235 g/mol. The Bertz CT molecular complexity index is 635. The Morgan fingerprint density at radius 1 is 0.833 bits per heavy atom. The third-order valence-electron chi connectivity index (χ3n) is 2.89. The number of carbonyl (C=O) groups is 2. The van der Waals surface area contributed by atoms with Gasteiger partial charge in [0.25, 0.3) is 0 Å². The topological polar surface area (TPSA) is 47.0 Å². The first-order chi connectivity index (χ1) is 8.77. The molecule has 3 nitrogen and oxygen atoms in total. The maximum Gasteiger partial charge on any atom is 0.197 e. The summed E-state index contributed by atoms with van der Waals surface area (Å²) in [6, 6.07) is 12.2. The number of rotatable bonds is 1. The summed E-state index contributed by atoms with van der Waals surface area (Å²) >= 11 is 0. The summed E-state index contributed by atoms with van der Waals surface area (Å²) in [6.07, 6.45) is 3.17. The Morgan fingerprint density at radius 2 is 1.44 bits per heavy atom. The van der Waals surface area contributed by atoms with Gasteiger partial charge in [-0.05, 0) is 18.2 Å². The van der Waals surface area contributed by atoms with Gasteiger partial charge in [0, 0.05) is 17.3 Å². The fraction of sp³-hybridized carbons (Fsp3) is 0. The molecular formula is C15H9NO2. The summed E-state index contributed by atoms with van der Waals surface area (Å²) < 4.78 is 0. The first-order valence-electron chi connectivity index (χ1n) is 5.58. The molecule has 1 heterocycles. The summed E-state index contributed by atoms with van der Waals surface area (Å²) in [7, 11) is 0. The lowest BCUT2D eigenvalue weighted by atomic mass is 10.1. The molecule has 0 unspecified atom stereocenters. The number of hydrogen-bond donors (Lipinski definition) is 0. The minimum absolute atomic E-state index is 0.190. The Labute approximate surface area is 104 Å². The van der Waals surface area contributed by atoms with E-state index in [1.54, 1.807) is 48.7 Å². The van der Waals surface area contributed by atoms with Crippen LogP contribution in [0.15, 0.2) is 54.2 Å².